The molecule has 3 heteroatoms. The molecule has 0 unspecified atom stereocenters. The lowest BCUT2D eigenvalue weighted by molar-refractivity contribution is 0.0734. The molecule has 1 aliphatic rings. The highest BCUT2D eigenvalue weighted by Crippen LogP contribution is 2.40. The van der Waals surface area contributed by atoms with Gasteiger partial charge >= 0.3 is 5.97 Å². The molecule has 3 nitrogen and oxygen atoms in total. The first-order chi connectivity index (χ1) is 10.4. The quantitative estimate of drug-likeness (QED) is 0.650. The molecule has 2 aromatic rings. The lowest BCUT2D eigenvalue weighted by atomic mass is 9.82. The Bertz CT molecular complexity index is 692. The van der Waals surface area contributed by atoms with E-state index in [2.05, 4.69) is 26.1 Å². The van der Waals surface area contributed by atoms with Gasteiger partial charge in [0.25, 0.3) is 0 Å². The van der Waals surface area contributed by atoms with Gasteiger partial charge in [-0.2, -0.15) is 0 Å². The summed E-state index contributed by atoms with van der Waals surface area (Å²) in [5, 5.41) is 3.54. The predicted molar refractivity (Wildman–Crippen MR) is 88.6 cm³/mol. The highest BCUT2D eigenvalue weighted by Gasteiger charge is 2.29. The average molecular weight is 295 g/mol. The van der Waals surface area contributed by atoms with Crippen molar-refractivity contribution in [2.24, 2.45) is 0 Å². The number of hydrogen-bond donors (Lipinski definition) is 1. The van der Waals surface area contributed by atoms with E-state index in [0.717, 1.165) is 12.1 Å². The zero-order valence-electron chi connectivity index (χ0n) is 13.2. The zero-order valence-corrected chi connectivity index (χ0v) is 13.2. The van der Waals surface area contributed by atoms with Gasteiger partial charge in [-0.15, -0.1) is 0 Å². The van der Waals surface area contributed by atoms with E-state index in [1.807, 2.05) is 36.4 Å². The topological polar surface area (TPSA) is 38.3 Å². The Balaban J connectivity index is 1.83. The van der Waals surface area contributed by atoms with Crippen LogP contribution in [0, 0.1) is 0 Å². The van der Waals surface area contributed by atoms with Gasteiger partial charge in [-0.1, -0.05) is 25.1 Å². The summed E-state index contributed by atoms with van der Waals surface area (Å²) < 4.78 is 5.50. The fraction of sp³-hybridized carbons (Fsp3) is 0.316. The SMILES string of the molecule is C[C@@H]1CC(C)(C)Nc2ccc(OC(=O)c3ccccc3)cc21. The smallest absolute Gasteiger partial charge is 0.343 e. The van der Waals surface area contributed by atoms with Crippen LogP contribution in [0.3, 0.4) is 0 Å². The molecule has 22 heavy (non-hydrogen) atoms. The highest BCUT2D eigenvalue weighted by atomic mass is 16.5. The van der Waals surface area contributed by atoms with Gasteiger partial charge in [0.05, 0.1) is 5.56 Å². The Morgan fingerprint density at radius 2 is 1.91 bits per heavy atom. The summed E-state index contributed by atoms with van der Waals surface area (Å²) >= 11 is 0. The van der Waals surface area contributed by atoms with Gasteiger partial charge in [0, 0.05) is 11.2 Å². The van der Waals surface area contributed by atoms with Crippen LogP contribution in [0.25, 0.3) is 0 Å². The van der Waals surface area contributed by atoms with Crippen LogP contribution in [-0.2, 0) is 0 Å². The van der Waals surface area contributed by atoms with E-state index in [1.54, 1.807) is 12.1 Å². The Labute approximate surface area is 131 Å². The third-order valence-corrected chi connectivity index (χ3v) is 4.06. The van der Waals surface area contributed by atoms with Crippen molar-refractivity contribution >= 4 is 11.7 Å². The Morgan fingerprint density at radius 3 is 2.64 bits per heavy atom. The van der Waals surface area contributed by atoms with E-state index in [0.29, 0.717) is 17.2 Å². The van der Waals surface area contributed by atoms with Gasteiger partial charge in [0.2, 0.25) is 0 Å². The fourth-order valence-corrected chi connectivity index (χ4v) is 3.16. The Kier molecular flexibility index (Phi) is 3.65. The predicted octanol–water partition coefficient (Wildman–Crippen LogP) is 4.60. The van der Waals surface area contributed by atoms with Crippen LogP contribution in [0.15, 0.2) is 48.5 Å². The lowest BCUT2D eigenvalue weighted by Crippen LogP contribution is -2.36. The van der Waals surface area contributed by atoms with Crippen molar-refractivity contribution < 1.29 is 9.53 Å². The number of nitrogens with one attached hydrogen (secondary N) is 1. The van der Waals surface area contributed by atoms with Gasteiger partial charge < -0.3 is 10.1 Å². The number of carbonyl (C=O) groups is 1. The Hall–Kier alpha value is -2.29. The largest absolute Gasteiger partial charge is 0.423 e. The molecule has 0 radical (unpaired) electrons. The first-order valence-corrected chi connectivity index (χ1v) is 7.64. The van der Waals surface area contributed by atoms with Gasteiger partial charge in [-0.3, -0.25) is 0 Å². The van der Waals surface area contributed by atoms with Crippen LogP contribution >= 0.6 is 0 Å². The van der Waals surface area contributed by atoms with Crippen LogP contribution in [-0.4, -0.2) is 11.5 Å². The number of ether oxygens (including phenoxy) is 1. The minimum Gasteiger partial charge on any atom is -0.423 e. The number of rotatable bonds is 2. The normalized spacial score (nSPS) is 19.0. The zero-order chi connectivity index (χ0) is 15.7. The lowest BCUT2D eigenvalue weighted by Gasteiger charge is -2.37. The number of carbonyl (C=O) groups excluding carboxylic acids is 1. The Morgan fingerprint density at radius 1 is 1.18 bits per heavy atom. The monoisotopic (exact) mass is 295 g/mol. The molecule has 0 saturated carbocycles. The van der Waals surface area contributed by atoms with Gasteiger partial charge in [-0.25, -0.2) is 4.79 Å². The van der Waals surface area contributed by atoms with Crippen molar-refractivity contribution in [3.63, 3.8) is 0 Å². The second-order valence-corrected chi connectivity index (χ2v) is 6.62. The van der Waals surface area contributed by atoms with Crippen molar-refractivity contribution in [2.45, 2.75) is 38.6 Å². The first-order valence-electron chi connectivity index (χ1n) is 7.64. The summed E-state index contributed by atoms with van der Waals surface area (Å²) in [6.07, 6.45) is 1.05. The second kappa shape index (κ2) is 5.48. The fourth-order valence-electron chi connectivity index (χ4n) is 3.16. The van der Waals surface area contributed by atoms with E-state index in [9.17, 15) is 4.79 Å². The molecule has 1 atom stereocenters. The maximum absolute atomic E-state index is 12.1. The maximum atomic E-state index is 12.1. The highest BCUT2D eigenvalue weighted by molar-refractivity contribution is 5.91. The van der Waals surface area contributed by atoms with E-state index >= 15 is 0 Å². The number of benzene rings is 2. The molecule has 0 amide bonds. The van der Waals surface area contributed by atoms with Crippen LogP contribution in [0.4, 0.5) is 5.69 Å². The molecule has 2 aromatic carbocycles. The third-order valence-electron chi connectivity index (χ3n) is 4.06. The molecular weight excluding hydrogens is 274 g/mol. The van der Waals surface area contributed by atoms with E-state index in [4.69, 9.17) is 4.74 Å². The number of esters is 1. The standard InChI is InChI=1S/C19H21NO2/c1-13-12-19(2,3)20-17-10-9-15(11-16(13)17)22-18(21)14-7-5-4-6-8-14/h4-11,13,20H,12H2,1-3H3/t13-/m1/s1. The molecule has 0 fully saturated rings. The first kappa shape index (κ1) is 14.6. The van der Waals surface area contributed by atoms with Gasteiger partial charge in [0.1, 0.15) is 5.75 Å². The molecule has 3 rings (SSSR count). The van der Waals surface area contributed by atoms with Gasteiger partial charge in [0.15, 0.2) is 0 Å². The molecule has 0 aromatic heterocycles. The number of anilines is 1. The van der Waals surface area contributed by atoms with E-state index < -0.39 is 0 Å². The molecule has 0 saturated heterocycles. The maximum Gasteiger partial charge on any atom is 0.343 e. The molecule has 114 valence electrons. The van der Waals surface area contributed by atoms with Crippen molar-refractivity contribution in [2.75, 3.05) is 5.32 Å². The molecule has 0 aliphatic carbocycles. The third kappa shape index (κ3) is 2.98. The molecule has 1 N–H and O–H groups in total. The molecule has 1 heterocycles. The van der Waals surface area contributed by atoms with Crippen LogP contribution in [0.2, 0.25) is 0 Å². The molecule has 1 aliphatic heterocycles. The van der Waals surface area contributed by atoms with Crippen molar-refractivity contribution in [3.05, 3.63) is 59.7 Å². The van der Waals surface area contributed by atoms with E-state index in [-0.39, 0.29) is 11.5 Å². The van der Waals surface area contributed by atoms with Crippen molar-refractivity contribution in [1.29, 1.82) is 0 Å². The second-order valence-electron chi connectivity index (χ2n) is 6.62. The van der Waals surface area contributed by atoms with Crippen molar-refractivity contribution in [3.8, 4) is 5.75 Å². The summed E-state index contributed by atoms with van der Waals surface area (Å²) in [4.78, 5) is 12.1. The summed E-state index contributed by atoms with van der Waals surface area (Å²) in [5.74, 6) is 0.708. The minimum atomic E-state index is -0.322. The number of hydrogen-bond acceptors (Lipinski definition) is 3. The molecular formula is C19H21NO2. The minimum absolute atomic E-state index is 0.0919. The average Bonchev–Trinajstić information content (AvgIpc) is 2.48. The van der Waals surface area contributed by atoms with Crippen molar-refractivity contribution in [1.82, 2.24) is 0 Å². The summed E-state index contributed by atoms with van der Waals surface area (Å²) in [7, 11) is 0. The van der Waals surface area contributed by atoms with Crippen LogP contribution in [0.5, 0.6) is 5.75 Å². The molecule has 0 spiro atoms. The van der Waals surface area contributed by atoms with Crippen LogP contribution in [0.1, 0.15) is 49.0 Å². The molecule has 0 bridgehead atoms. The van der Waals surface area contributed by atoms with E-state index in [1.165, 1.54) is 5.56 Å². The summed E-state index contributed by atoms with van der Waals surface area (Å²) in [6.45, 7) is 6.62. The van der Waals surface area contributed by atoms with Gasteiger partial charge in [-0.05, 0) is 62.1 Å². The van der Waals surface area contributed by atoms with Crippen LogP contribution < -0.4 is 10.1 Å². The number of fused-ring (bicyclic) bond motifs is 1. The summed E-state index contributed by atoms with van der Waals surface area (Å²) in [5.41, 5.74) is 2.99. The summed E-state index contributed by atoms with van der Waals surface area (Å²) in [6, 6.07) is 14.9.